The molecule has 12 atom stereocenters. The molecular weight excluding hydrogens is 576 g/mol. The minimum atomic E-state index is -0.701. The summed E-state index contributed by atoms with van der Waals surface area (Å²) in [5.41, 5.74) is -0.380. The van der Waals surface area contributed by atoms with Crippen LogP contribution >= 0.6 is 0 Å². The first-order chi connectivity index (χ1) is 21.6. The number of carbonyl (C=O) groups is 3. The van der Waals surface area contributed by atoms with E-state index in [-0.39, 0.29) is 83.3 Å². The van der Waals surface area contributed by atoms with E-state index in [1.54, 1.807) is 38.5 Å². The van der Waals surface area contributed by atoms with Crippen molar-refractivity contribution in [1.82, 2.24) is 4.90 Å². The highest BCUT2D eigenvalue weighted by atomic mass is 16.6. The lowest BCUT2D eigenvalue weighted by Gasteiger charge is -2.69. The molecule has 1 N–H and O–H groups in total. The van der Waals surface area contributed by atoms with Crippen molar-refractivity contribution in [3.05, 3.63) is 29.8 Å². The lowest BCUT2D eigenvalue weighted by atomic mass is 9.43. The third kappa shape index (κ3) is 4.10. The van der Waals surface area contributed by atoms with Crippen LogP contribution in [0.1, 0.15) is 63.2 Å². The van der Waals surface area contributed by atoms with Gasteiger partial charge >= 0.3 is 11.9 Å². The number of methoxy groups -OCH3 is 3. The highest BCUT2D eigenvalue weighted by Gasteiger charge is 2.85. The minimum Gasteiger partial charge on any atom is -0.461 e. The molecular formula is C35H48N2O8. The van der Waals surface area contributed by atoms with Gasteiger partial charge in [0.2, 0.25) is 5.91 Å². The van der Waals surface area contributed by atoms with Gasteiger partial charge in [-0.05, 0) is 56.2 Å². The fourth-order valence-corrected chi connectivity index (χ4v) is 12.3. The number of piperidine rings is 1. The molecule has 1 saturated heterocycles. The number of hydrogen-bond donors (Lipinski definition) is 1. The largest absolute Gasteiger partial charge is 0.461 e. The molecule has 5 saturated carbocycles. The molecule has 1 amide bonds. The molecule has 6 fully saturated rings. The van der Waals surface area contributed by atoms with Gasteiger partial charge in [-0.15, -0.1) is 0 Å². The Balaban J connectivity index is 1.32. The van der Waals surface area contributed by atoms with E-state index in [0.717, 1.165) is 38.8 Å². The van der Waals surface area contributed by atoms with Crippen LogP contribution in [0.15, 0.2) is 24.3 Å². The van der Waals surface area contributed by atoms with E-state index in [0.29, 0.717) is 17.7 Å². The van der Waals surface area contributed by atoms with Gasteiger partial charge < -0.3 is 29.0 Å². The Morgan fingerprint density at radius 2 is 1.80 bits per heavy atom. The number of fused-ring (bicyclic) bond motifs is 2. The van der Waals surface area contributed by atoms with E-state index in [2.05, 4.69) is 17.1 Å². The number of likely N-dealkylation sites (tertiary alicyclic amines) is 1. The van der Waals surface area contributed by atoms with Crippen LogP contribution < -0.4 is 5.32 Å². The number of hydrogen-bond acceptors (Lipinski definition) is 9. The molecule has 0 unspecified atom stereocenters. The molecule has 1 spiro atoms. The number of benzene rings is 1. The maximum absolute atomic E-state index is 13.7. The van der Waals surface area contributed by atoms with Gasteiger partial charge in [0.15, 0.2) is 0 Å². The second-order valence-corrected chi connectivity index (χ2v) is 14.6. The van der Waals surface area contributed by atoms with Crippen LogP contribution in [0.3, 0.4) is 0 Å². The number of nitrogens with one attached hydrogen (secondary N) is 1. The number of anilines is 1. The standard InChI is InChI=1S/C35H48N2O8/c1-7-37-17-33(18-44-32(40)21-10-8-9-11-25(21)36-19(2)38)13-12-28(42-5)35-23-14-22-26(41-4)16-34(45-20(3)39,29(23)30(22)43-6)24(31(35)37)15-27(33)35/h8-11,22-24,26-31H,7,12-18H2,1-6H3,(H,36,38)/t22-,23-,24+,26+,27-,28+,29-,30+,31-,33+,34+,35-/m1/s1. The topological polar surface area (TPSA) is 113 Å². The zero-order valence-corrected chi connectivity index (χ0v) is 27.4. The van der Waals surface area contributed by atoms with E-state index in [1.165, 1.54) is 13.8 Å². The van der Waals surface area contributed by atoms with Crippen molar-refractivity contribution in [2.75, 3.05) is 46.3 Å². The van der Waals surface area contributed by atoms with Gasteiger partial charge in [-0.1, -0.05) is 19.1 Å². The summed E-state index contributed by atoms with van der Waals surface area (Å²) in [6.07, 6.45) is 4.15. The third-order valence-corrected chi connectivity index (χ3v) is 13.2. The summed E-state index contributed by atoms with van der Waals surface area (Å²) in [5.74, 6) is -0.161. The average molecular weight is 625 g/mol. The van der Waals surface area contributed by atoms with Gasteiger partial charge in [-0.25, -0.2) is 4.79 Å². The van der Waals surface area contributed by atoms with Gasteiger partial charge in [0.25, 0.3) is 0 Å². The first-order valence-electron chi connectivity index (χ1n) is 16.7. The predicted molar refractivity (Wildman–Crippen MR) is 164 cm³/mol. The molecule has 5 aliphatic carbocycles. The van der Waals surface area contributed by atoms with Crippen molar-refractivity contribution in [2.45, 2.75) is 82.8 Å². The molecule has 0 radical (unpaired) electrons. The summed E-state index contributed by atoms with van der Waals surface area (Å²) in [5, 5.41) is 2.77. The van der Waals surface area contributed by atoms with Gasteiger partial charge in [0.05, 0.1) is 36.2 Å². The molecule has 10 heteroatoms. The quantitative estimate of drug-likeness (QED) is 0.409. The summed E-state index contributed by atoms with van der Waals surface area (Å²) in [6, 6.07) is 7.18. The van der Waals surface area contributed by atoms with Gasteiger partial charge in [-0.2, -0.15) is 0 Å². The van der Waals surface area contributed by atoms with Crippen LogP contribution in [0.25, 0.3) is 0 Å². The zero-order valence-electron chi connectivity index (χ0n) is 27.4. The monoisotopic (exact) mass is 624 g/mol. The first-order valence-corrected chi connectivity index (χ1v) is 16.7. The normalized spacial score (nSPS) is 43.9. The lowest BCUT2D eigenvalue weighted by molar-refractivity contribution is -0.281. The molecule has 1 heterocycles. The molecule has 1 aromatic rings. The van der Waals surface area contributed by atoms with Crippen molar-refractivity contribution < 1.29 is 38.1 Å². The second-order valence-electron chi connectivity index (χ2n) is 14.6. The predicted octanol–water partition coefficient (Wildman–Crippen LogP) is 3.93. The summed E-state index contributed by atoms with van der Waals surface area (Å²) in [6.45, 7) is 7.11. The fraction of sp³-hybridized carbons (Fsp3) is 0.743. The first kappa shape index (κ1) is 31.1. The molecule has 7 rings (SSSR count). The summed E-state index contributed by atoms with van der Waals surface area (Å²) >= 11 is 0. The van der Waals surface area contributed by atoms with E-state index >= 15 is 0 Å². The molecule has 10 nitrogen and oxygen atoms in total. The number of rotatable bonds is 9. The Morgan fingerprint density at radius 3 is 2.47 bits per heavy atom. The zero-order chi connectivity index (χ0) is 31.9. The number of carbonyl (C=O) groups excluding carboxylic acids is 3. The Kier molecular flexibility index (Phi) is 7.62. The van der Waals surface area contributed by atoms with Crippen molar-refractivity contribution in [3.8, 4) is 0 Å². The molecule has 45 heavy (non-hydrogen) atoms. The van der Waals surface area contributed by atoms with Crippen LogP contribution in [0.2, 0.25) is 0 Å². The highest BCUT2D eigenvalue weighted by Crippen LogP contribution is 2.80. The molecule has 1 aliphatic heterocycles. The molecule has 6 aliphatic rings. The molecule has 246 valence electrons. The van der Waals surface area contributed by atoms with Crippen molar-refractivity contribution in [3.63, 3.8) is 0 Å². The smallest absolute Gasteiger partial charge is 0.340 e. The highest BCUT2D eigenvalue weighted by molar-refractivity contribution is 6.00. The molecule has 0 aromatic heterocycles. The minimum absolute atomic E-state index is 0.0364. The van der Waals surface area contributed by atoms with E-state index in [4.69, 9.17) is 23.7 Å². The van der Waals surface area contributed by atoms with Gasteiger partial charge in [0.1, 0.15) is 5.60 Å². The molecule has 7 bridgehead atoms. The number of para-hydroxylation sites is 1. The van der Waals surface area contributed by atoms with Crippen molar-refractivity contribution >= 4 is 23.5 Å². The lowest BCUT2D eigenvalue weighted by Crippen LogP contribution is -2.77. The van der Waals surface area contributed by atoms with E-state index in [9.17, 15) is 14.4 Å². The Bertz CT molecular complexity index is 1370. The average Bonchev–Trinajstić information content (AvgIpc) is 3.48. The summed E-state index contributed by atoms with van der Waals surface area (Å²) in [4.78, 5) is 41.1. The summed E-state index contributed by atoms with van der Waals surface area (Å²) < 4.78 is 31.9. The molecule has 1 aromatic carbocycles. The van der Waals surface area contributed by atoms with Crippen molar-refractivity contribution in [2.24, 2.45) is 40.4 Å². The SMILES string of the molecule is CCN1C[C@]2(COC(=O)c3ccccc3NC(C)=O)CC[C@H](OC)[C@@]34[C@@H]5C[C@H]6[C@H](OC)[C@@H]5[C@](OC(C)=O)(C[C@@H]6OC)[C@@H](C[C@H]23)[C@@H]14. The van der Waals surface area contributed by atoms with E-state index < -0.39 is 11.6 Å². The van der Waals surface area contributed by atoms with Crippen LogP contribution in [-0.2, 0) is 33.3 Å². The third-order valence-electron chi connectivity index (χ3n) is 13.2. The van der Waals surface area contributed by atoms with Crippen LogP contribution in [0.4, 0.5) is 5.69 Å². The van der Waals surface area contributed by atoms with Crippen molar-refractivity contribution in [1.29, 1.82) is 0 Å². The van der Waals surface area contributed by atoms with Crippen LogP contribution in [0.5, 0.6) is 0 Å². The van der Waals surface area contributed by atoms with Crippen LogP contribution in [0, 0.1) is 40.4 Å². The fourth-order valence-electron chi connectivity index (χ4n) is 12.3. The Labute approximate surface area is 265 Å². The maximum Gasteiger partial charge on any atom is 0.340 e. The second kappa shape index (κ2) is 11.0. The Hall–Kier alpha value is -2.53. The summed E-state index contributed by atoms with van der Waals surface area (Å²) in [7, 11) is 5.42. The van der Waals surface area contributed by atoms with E-state index in [1.807, 2.05) is 7.11 Å². The van der Waals surface area contributed by atoms with Gasteiger partial charge in [-0.3, -0.25) is 14.5 Å². The maximum atomic E-state index is 13.7. The number of amides is 1. The number of ether oxygens (including phenoxy) is 5. The Morgan fingerprint density at radius 1 is 1.02 bits per heavy atom. The number of nitrogens with zero attached hydrogens (tertiary/aromatic N) is 1. The van der Waals surface area contributed by atoms with Crippen LogP contribution in [-0.4, -0.2) is 93.7 Å². The number of esters is 2. The van der Waals surface area contributed by atoms with Gasteiger partial charge in [0, 0.05) is 82.8 Å².